The smallest absolute Gasteiger partial charge is 0.0790 e. The van der Waals surface area contributed by atoms with Gasteiger partial charge in [-0.05, 0) is 74.0 Å². The number of hydrogen-bond acceptors (Lipinski definition) is 2. The molecule has 0 aromatic heterocycles. The summed E-state index contributed by atoms with van der Waals surface area (Å²) >= 11 is 5.38. The lowest BCUT2D eigenvalue weighted by molar-refractivity contribution is -0.0854. The van der Waals surface area contributed by atoms with Gasteiger partial charge in [0.2, 0.25) is 0 Å². The van der Waals surface area contributed by atoms with Gasteiger partial charge in [-0.3, -0.25) is 0 Å². The molecule has 154 valence electrons. The number of benzene rings is 1. The zero-order valence-corrected chi connectivity index (χ0v) is 18.4. The van der Waals surface area contributed by atoms with E-state index >= 15 is 0 Å². The summed E-state index contributed by atoms with van der Waals surface area (Å²) < 4.78 is 0. The molecule has 5 saturated carbocycles. The Morgan fingerprint density at radius 2 is 1.50 bits per heavy atom. The van der Waals surface area contributed by atoms with Crippen LogP contribution in [0, 0.1) is 28.1 Å². The maximum absolute atomic E-state index is 6.06. The number of rotatable bonds is 1. The summed E-state index contributed by atoms with van der Waals surface area (Å²) in [7, 11) is 0. The molecule has 1 aromatic carbocycles. The first kappa shape index (κ1) is 20.3. The predicted octanol–water partition coefficient (Wildman–Crippen LogP) is 5.84. The van der Waals surface area contributed by atoms with Crippen molar-refractivity contribution in [2.45, 2.75) is 83.6 Å². The highest BCUT2D eigenvalue weighted by Gasteiger charge is 2.76. The first-order valence-corrected chi connectivity index (χ1v) is 11.9. The first-order chi connectivity index (χ1) is 13.4. The zero-order chi connectivity index (χ0) is 19.8. The molecule has 3 bridgehead atoms. The van der Waals surface area contributed by atoms with E-state index in [1.165, 1.54) is 70.6 Å². The van der Waals surface area contributed by atoms with Crippen molar-refractivity contribution in [1.29, 1.82) is 0 Å². The molecule has 5 fully saturated rings. The van der Waals surface area contributed by atoms with Gasteiger partial charge in [0, 0.05) is 11.5 Å². The van der Waals surface area contributed by atoms with Crippen LogP contribution in [-0.4, -0.2) is 11.0 Å². The molecule has 5 aliphatic carbocycles. The average molecular weight is 399 g/mol. The molecule has 3 heteroatoms. The van der Waals surface area contributed by atoms with Gasteiger partial charge in [-0.15, -0.1) is 0 Å². The Bertz CT molecular complexity index is 658. The summed E-state index contributed by atoms with van der Waals surface area (Å²) in [5, 5.41) is 0. The van der Waals surface area contributed by atoms with Crippen LogP contribution in [0.4, 0.5) is 0 Å². The van der Waals surface area contributed by atoms with Gasteiger partial charge in [0.05, 0.1) is 4.99 Å². The van der Waals surface area contributed by atoms with E-state index in [-0.39, 0.29) is 5.41 Å². The number of nitrogens with two attached hydrogens (primary N) is 2. The quantitative estimate of drug-likeness (QED) is 0.584. The molecule has 1 aromatic rings. The summed E-state index contributed by atoms with van der Waals surface area (Å²) in [4.78, 5) is 0.836. The topological polar surface area (TPSA) is 52.0 Å². The van der Waals surface area contributed by atoms with Crippen LogP contribution in [0.15, 0.2) is 36.4 Å². The highest BCUT2D eigenvalue weighted by atomic mass is 32.1. The van der Waals surface area contributed by atoms with Gasteiger partial charge in [-0.25, -0.2) is 0 Å². The van der Waals surface area contributed by atoms with Gasteiger partial charge >= 0.3 is 0 Å². The van der Waals surface area contributed by atoms with Crippen molar-refractivity contribution in [2.24, 2.45) is 39.5 Å². The van der Waals surface area contributed by atoms with E-state index < -0.39 is 0 Å². The number of fused-ring (bicyclic) bond motifs is 2. The molecule has 4 N–H and O–H groups in total. The molecule has 0 aliphatic heterocycles. The van der Waals surface area contributed by atoms with Crippen molar-refractivity contribution in [3.63, 3.8) is 0 Å². The maximum atomic E-state index is 6.06. The molecule has 6 rings (SSSR count). The third kappa shape index (κ3) is 3.43. The van der Waals surface area contributed by atoms with Crippen molar-refractivity contribution in [3.8, 4) is 0 Å². The number of thiocarbonyl (C=S) groups is 1. The molecule has 0 heterocycles. The minimum atomic E-state index is 0.276. The molecular formula is C25H38N2S. The minimum absolute atomic E-state index is 0.276. The molecule has 0 saturated heterocycles. The largest absolute Gasteiger partial charge is 0.393 e. The third-order valence-electron chi connectivity index (χ3n) is 8.85. The molecule has 5 atom stereocenters. The summed E-state index contributed by atoms with van der Waals surface area (Å²) in [6, 6.07) is 12.5. The Kier molecular flexibility index (Phi) is 5.61. The van der Waals surface area contributed by atoms with E-state index in [2.05, 4.69) is 6.92 Å². The highest BCUT2D eigenvalue weighted by Crippen LogP contribution is 2.83. The van der Waals surface area contributed by atoms with Crippen molar-refractivity contribution < 1.29 is 0 Å². The highest BCUT2D eigenvalue weighted by molar-refractivity contribution is 7.80. The van der Waals surface area contributed by atoms with Crippen LogP contribution in [0.25, 0.3) is 0 Å². The fourth-order valence-electron chi connectivity index (χ4n) is 7.76. The lowest BCUT2D eigenvalue weighted by atomic mass is 9.47. The zero-order valence-electron chi connectivity index (χ0n) is 17.5. The van der Waals surface area contributed by atoms with Crippen LogP contribution < -0.4 is 11.5 Å². The van der Waals surface area contributed by atoms with Crippen LogP contribution >= 0.6 is 12.2 Å². The van der Waals surface area contributed by atoms with E-state index in [0.717, 1.165) is 16.8 Å². The average Bonchev–Trinajstić information content (AvgIpc) is 3.00. The van der Waals surface area contributed by atoms with Crippen LogP contribution in [0.1, 0.15) is 77.6 Å². The van der Waals surface area contributed by atoms with Crippen molar-refractivity contribution in [2.75, 3.05) is 0 Å². The molecule has 5 aliphatic rings. The number of hydrogen-bond donors (Lipinski definition) is 2. The summed E-state index contributed by atoms with van der Waals surface area (Å²) in [6.07, 6.45) is 15.1. The fraction of sp³-hybridized carbons (Fsp3) is 0.720. The Hall–Kier alpha value is -0.930. The van der Waals surface area contributed by atoms with Gasteiger partial charge in [0.15, 0.2) is 0 Å². The Morgan fingerprint density at radius 3 is 2.00 bits per heavy atom. The van der Waals surface area contributed by atoms with Crippen LogP contribution in [-0.2, 0) is 0 Å². The van der Waals surface area contributed by atoms with Crippen LogP contribution in [0.3, 0.4) is 0 Å². The lowest BCUT2D eigenvalue weighted by Gasteiger charge is -2.57. The van der Waals surface area contributed by atoms with Gasteiger partial charge in [-0.2, -0.15) is 0 Å². The van der Waals surface area contributed by atoms with Gasteiger partial charge < -0.3 is 11.5 Å². The SMILES string of the molecule is CC12CC3CC4CC(C(N)=S)(C1)CC32C4.NC1CCCCC1.c1ccccc1. The second kappa shape index (κ2) is 7.72. The van der Waals surface area contributed by atoms with Gasteiger partial charge in [-0.1, -0.05) is 74.8 Å². The molecule has 5 unspecified atom stereocenters. The van der Waals surface area contributed by atoms with E-state index in [1.54, 1.807) is 0 Å². The second-order valence-electron chi connectivity index (χ2n) is 10.7. The van der Waals surface area contributed by atoms with Crippen LogP contribution in [0.5, 0.6) is 0 Å². The third-order valence-corrected chi connectivity index (χ3v) is 9.29. The predicted molar refractivity (Wildman–Crippen MR) is 122 cm³/mol. The summed E-state index contributed by atoms with van der Waals surface area (Å²) in [5.74, 6) is 1.99. The van der Waals surface area contributed by atoms with Crippen molar-refractivity contribution in [3.05, 3.63) is 36.4 Å². The second-order valence-corrected chi connectivity index (χ2v) is 11.1. The molecule has 0 radical (unpaired) electrons. The van der Waals surface area contributed by atoms with Gasteiger partial charge in [0.1, 0.15) is 0 Å². The Morgan fingerprint density at radius 1 is 0.893 bits per heavy atom. The minimum Gasteiger partial charge on any atom is -0.393 e. The monoisotopic (exact) mass is 398 g/mol. The van der Waals surface area contributed by atoms with Crippen molar-refractivity contribution >= 4 is 17.2 Å². The molecule has 2 nitrogen and oxygen atoms in total. The molecule has 1 spiro atoms. The maximum Gasteiger partial charge on any atom is 0.0790 e. The standard InChI is InChI=1S/C13H19NS.C6H13N.C6H6/c1-11-5-9-2-8-3-12(6-11,10(14)15)7-13(9,11)4-8;7-6-4-2-1-3-5-6;1-2-4-6-5-3-1/h8-9H,2-7H2,1H3,(H2,14,15);6H,1-5,7H2;1-6H. The first-order valence-electron chi connectivity index (χ1n) is 11.4. The molecule has 28 heavy (non-hydrogen) atoms. The fourth-order valence-corrected chi connectivity index (χ4v) is 7.99. The van der Waals surface area contributed by atoms with Crippen molar-refractivity contribution in [1.82, 2.24) is 0 Å². The molecular weight excluding hydrogens is 360 g/mol. The van der Waals surface area contributed by atoms with E-state index in [1.807, 2.05) is 36.4 Å². The van der Waals surface area contributed by atoms with Gasteiger partial charge in [0.25, 0.3) is 0 Å². The summed E-state index contributed by atoms with van der Waals surface area (Å²) in [6.45, 7) is 2.51. The summed E-state index contributed by atoms with van der Waals surface area (Å²) in [5.41, 5.74) is 13.3. The van der Waals surface area contributed by atoms with E-state index in [9.17, 15) is 0 Å². The van der Waals surface area contributed by atoms with E-state index in [4.69, 9.17) is 23.7 Å². The van der Waals surface area contributed by atoms with Crippen LogP contribution in [0.2, 0.25) is 0 Å². The lowest BCUT2D eigenvalue weighted by Crippen LogP contribution is -2.50. The van der Waals surface area contributed by atoms with E-state index in [0.29, 0.717) is 16.9 Å². The Balaban J connectivity index is 0.000000123. The molecule has 0 amide bonds. The normalized spacial score (nSPS) is 42.4. The Labute approximate surface area is 176 Å².